The quantitative estimate of drug-likeness (QED) is 0.747. The van der Waals surface area contributed by atoms with Crippen LogP contribution >= 0.6 is 11.6 Å². The van der Waals surface area contributed by atoms with Gasteiger partial charge in [-0.2, -0.15) is 0 Å². The van der Waals surface area contributed by atoms with Crippen LogP contribution in [0.15, 0.2) is 12.1 Å². The third-order valence-electron chi connectivity index (χ3n) is 2.85. The smallest absolute Gasteiger partial charge is 0.179 e. The van der Waals surface area contributed by atoms with Crippen LogP contribution in [0.1, 0.15) is 18.9 Å². The maximum absolute atomic E-state index is 6.23. The summed E-state index contributed by atoms with van der Waals surface area (Å²) < 4.78 is 15.8. The molecule has 1 unspecified atom stereocenters. The highest BCUT2D eigenvalue weighted by atomic mass is 35.5. The molecule has 0 aromatic heterocycles. The minimum atomic E-state index is 0.126. The molecule has 0 saturated heterocycles. The molecular weight excluding hydrogens is 266 g/mol. The van der Waals surface area contributed by atoms with Crippen molar-refractivity contribution in [1.29, 1.82) is 0 Å². The van der Waals surface area contributed by atoms with E-state index >= 15 is 0 Å². The standard InChI is InChI=1S/C14H22ClNO3/c1-4-11(16)7-10-8-12(15)14(13(9-10)18-3)19-6-5-17-2/h8-9,11H,4-7,16H2,1-3H3. The Morgan fingerprint density at radius 2 is 2.00 bits per heavy atom. The van der Waals surface area contributed by atoms with E-state index in [2.05, 4.69) is 6.92 Å². The van der Waals surface area contributed by atoms with Gasteiger partial charge in [-0.05, 0) is 30.5 Å². The zero-order valence-corrected chi connectivity index (χ0v) is 12.5. The molecule has 0 spiro atoms. The molecule has 108 valence electrons. The lowest BCUT2D eigenvalue weighted by Crippen LogP contribution is -2.21. The molecule has 1 rings (SSSR count). The summed E-state index contributed by atoms with van der Waals surface area (Å²) in [6, 6.07) is 3.92. The lowest BCUT2D eigenvalue weighted by Gasteiger charge is -2.15. The van der Waals surface area contributed by atoms with Crippen molar-refractivity contribution in [2.24, 2.45) is 5.73 Å². The Morgan fingerprint density at radius 3 is 2.58 bits per heavy atom. The fraction of sp³-hybridized carbons (Fsp3) is 0.571. The Hall–Kier alpha value is -0.970. The van der Waals surface area contributed by atoms with Crippen LogP contribution in [0.2, 0.25) is 5.02 Å². The van der Waals surface area contributed by atoms with E-state index in [4.69, 9.17) is 31.5 Å². The zero-order chi connectivity index (χ0) is 14.3. The molecule has 0 heterocycles. The second-order valence-corrected chi connectivity index (χ2v) is 4.73. The van der Waals surface area contributed by atoms with Crippen LogP contribution in [-0.2, 0) is 11.2 Å². The van der Waals surface area contributed by atoms with Gasteiger partial charge in [-0.3, -0.25) is 0 Å². The second-order valence-electron chi connectivity index (χ2n) is 4.32. The van der Waals surface area contributed by atoms with Gasteiger partial charge in [0.1, 0.15) is 6.61 Å². The molecule has 0 aliphatic carbocycles. The maximum Gasteiger partial charge on any atom is 0.179 e. The van der Waals surface area contributed by atoms with Crippen LogP contribution in [0.25, 0.3) is 0 Å². The summed E-state index contributed by atoms with van der Waals surface area (Å²) in [5, 5.41) is 0.536. The number of rotatable bonds is 8. The Labute approximate surface area is 119 Å². The van der Waals surface area contributed by atoms with Crippen molar-refractivity contribution in [2.75, 3.05) is 27.4 Å². The van der Waals surface area contributed by atoms with E-state index in [-0.39, 0.29) is 6.04 Å². The molecule has 19 heavy (non-hydrogen) atoms. The van der Waals surface area contributed by atoms with Gasteiger partial charge in [0.15, 0.2) is 11.5 Å². The number of hydrogen-bond acceptors (Lipinski definition) is 4. The van der Waals surface area contributed by atoms with Gasteiger partial charge in [0, 0.05) is 13.2 Å². The predicted molar refractivity (Wildman–Crippen MR) is 77.3 cm³/mol. The van der Waals surface area contributed by atoms with E-state index in [0.717, 1.165) is 18.4 Å². The summed E-state index contributed by atoms with van der Waals surface area (Å²) >= 11 is 6.23. The van der Waals surface area contributed by atoms with Gasteiger partial charge >= 0.3 is 0 Å². The first-order chi connectivity index (χ1) is 9.12. The highest BCUT2D eigenvalue weighted by Gasteiger charge is 2.13. The van der Waals surface area contributed by atoms with Crippen LogP contribution in [0.3, 0.4) is 0 Å². The maximum atomic E-state index is 6.23. The minimum absolute atomic E-state index is 0.126. The molecule has 0 aliphatic rings. The first-order valence-electron chi connectivity index (χ1n) is 6.36. The normalized spacial score (nSPS) is 12.3. The fourth-order valence-electron chi connectivity index (χ4n) is 1.71. The molecule has 0 fully saturated rings. The van der Waals surface area contributed by atoms with Gasteiger partial charge in [0.05, 0.1) is 18.7 Å². The SMILES string of the molecule is CCC(N)Cc1cc(Cl)c(OCCOC)c(OC)c1. The third kappa shape index (κ3) is 4.90. The van der Waals surface area contributed by atoms with E-state index in [1.54, 1.807) is 14.2 Å². The summed E-state index contributed by atoms with van der Waals surface area (Å²) in [7, 11) is 3.22. The lowest BCUT2D eigenvalue weighted by molar-refractivity contribution is 0.144. The molecule has 0 radical (unpaired) electrons. The first kappa shape index (κ1) is 16.1. The summed E-state index contributed by atoms with van der Waals surface area (Å²) in [6.45, 7) is 2.99. The van der Waals surface area contributed by atoms with Crippen LogP contribution in [0.5, 0.6) is 11.5 Å². The lowest BCUT2D eigenvalue weighted by atomic mass is 10.0. The Kier molecular flexibility index (Phi) is 6.99. The Morgan fingerprint density at radius 1 is 1.26 bits per heavy atom. The van der Waals surface area contributed by atoms with Crippen molar-refractivity contribution in [3.8, 4) is 11.5 Å². The average Bonchev–Trinajstić information content (AvgIpc) is 2.40. The number of nitrogens with two attached hydrogens (primary N) is 1. The Bertz CT molecular complexity index is 399. The Balaban J connectivity index is 2.87. The molecular formula is C14H22ClNO3. The van der Waals surface area contributed by atoms with E-state index in [0.29, 0.717) is 29.7 Å². The van der Waals surface area contributed by atoms with E-state index < -0.39 is 0 Å². The van der Waals surface area contributed by atoms with Crippen molar-refractivity contribution >= 4 is 11.6 Å². The summed E-state index contributed by atoms with van der Waals surface area (Å²) in [6.07, 6.45) is 1.69. The predicted octanol–water partition coefficient (Wildman–Crippen LogP) is 2.65. The number of ether oxygens (including phenoxy) is 3. The molecule has 0 aliphatic heterocycles. The van der Waals surface area contributed by atoms with Gasteiger partial charge in [-0.1, -0.05) is 18.5 Å². The van der Waals surface area contributed by atoms with Gasteiger partial charge < -0.3 is 19.9 Å². The van der Waals surface area contributed by atoms with Crippen molar-refractivity contribution in [1.82, 2.24) is 0 Å². The number of hydrogen-bond donors (Lipinski definition) is 1. The molecule has 1 aromatic rings. The van der Waals surface area contributed by atoms with Gasteiger partial charge in [0.2, 0.25) is 0 Å². The summed E-state index contributed by atoms with van der Waals surface area (Å²) in [5.41, 5.74) is 7.00. The molecule has 4 nitrogen and oxygen atoms in total. The van der Waals surface area contributed by atoms with Crippen molar-refractivity contribution in [3.63, 3.8) is 0 Å². The fourth-order valence-corrected chi connectivity index (χ4v) is 1.99. The third-order valence-corrected chi connectivity index (χ3v) is 3.13. The van der Waals surface area contributed by atoms with E-state index in [1.807, 2.05) is 12.1 Å². The summed E-state index contributed by atoms with van der Waals surface area (Å²) in [4.78, 5) is 0. The first-order valence-corrected chi connectivity index (χ1v) is 6.73. The van der Waals surface area contributed by atoms with Crippen molar-refractivity contribution < 1.29 is 14.2 Å². The van der Waals surface area contributed by atoms with Crippen LogP contribution < -0.4 is 15.2 Å². The van der Waals surface area contributed by atoms with Crippen LogP contribution in [-0.4, -0.2) is 33.5 Å². The number of halogens is 1. The van der Waals surface area contributed by atoms with Crippen LogP contribution in [0.4, 0.5) is 0 Å². The van der Waals surface area contributed by atoms with Crippen molar-refractivity contribution in [2.45, 2.75) is 25.8 Å². The highest BCUT2D eigenvalue weighted by Crippen LogP contribution is 2.36. The molecule has 1 atom stereocenters. The molecule has 2 N–H and O–H groups in total. The zero-order valence-electron chi connectivity index (χ0n) is 11.7. The van der Waals surface area contributed by atoms with Gasteiger partial charge in [-0.25, -0.2) is 0 Å². The highest BCUT2D eigenvalue weighted by molar-refractivity contribution is 6.32. The number of methoxy groups -OCH3 is 2. The van der Waals surface area contributed by atoms with Gasteiger partial charge in [0.25, 0.3) is 0 Å². The molecule has 0 bridgehead atoms. The molecule has 1 aromatic carbocycles. The topological polar surface area (TPSA) is 53.7 Å². The van der Waals surface area contributed by atoms with E-state index in [9.17, 15) is 0 Å². The largest absolute Gasteiger partial charge is 0.493 e. The van der Waals surface area contributed by atoms with Crippen LogP contribution in [0, 0.1) is 0 Å². The average molecular weight is 288 g/mol. The minimum Gasteiger partial charge on any atom is -0.493 e. The number of benzene rings is 1. The monoisotopic (exact) mass is 287 g/mol. The summed E-state index contributed by atoms with van der Waals surface area (Å²) in [5.74, 6) is 1.18. The van der Waals surface area contributed by atoms with E-state index in [1.165, 1.54) is 0 Å². The van der Waals surface area contributed by atoms with Crippen molar-refractivity contribution in [3.05, 3.63) is 22.7 Å². The molecule has 0 saturated carbocycles. The molecule has 5 heteroatoms. The molecule has 0 amide bonds. The second kappa shape index (κ2) is 8.25. The van der Waals surface area contributed by atoms with Gasteiger partial charge in [-0.15, -0.1) is 0 Å².